The van der Waals surface area contributed by atoms with Crippen molar-refractivity contribution in [2.45, 2.75) is 45.6 Å². The number of hydrogen-bond acceptors (Lipinski definition) is 4. The van der Waals surface area contributed by atoms with Gasteiger partial charge in [0.25, 0.3) is 5.91 Å². The van der Waals surface area contributed by atoms with Gasteiger partial charge in [-0.15, -0.1) is 0 Å². The van der Waals surface area contributed by atoms with Crippen LogP contribution in [0.1, 0.15) is 54.0 Å². The van der Waals surface area contributed by atoms with Gasteiger partial charge in [-0.3, -0.25) is 4.79 Å². The predicted octanol–water partition coefficient (Wildman–Crippen LogP) is 4.67. The molecule has 0 bridgehead atoms. The zero-order valence-electron chi connectivity index (χ0n) is 15.6. The number of carbonyl (C=O) groups excluding carboxylic acids is 1. The van der Waals surface area contributed by atoms with E-state index in [2.05, 4.69) is 26.7 Å². The van der Waals surface area contributed by atoms with E-state index >= 15 is 0 Å². The summed E-state index contributed by atoms with van der Waals surface area (Å²) in [5.74, 6) is 1.05. The van der Waals surface area contributed by atoms with Crippen molar-refractivity contribution in [3.05, 3.63) is 64.1 Å². The second-order valence-corrected chi connectivity index (χ2v) is 7.22. The van der Waals surface area contributed by atoms with Gasteiger partial charge < -0.3 is 10.6 Å². The second-order valence-electron chi connectivity index (χ2n) is 6.78. The Balaban J connectivity index is 1.55. The van der Waals surface area contributed by atoms with Gasteiger partial charge in [0.2, 0.25) is 0 Å². The lowest BCUT2D eigenvalue weighted by Crippen LogP contribution is -2.24. The minimum Gasteiger partial charge on any atom is -0.370 e. The lowest BCUT2D eigenvalue weighted by atomic mass is 9.97. The first-order valence-electron chi connectivity index (χ1n) is 9.40. The van der Waals surface area contributed by atoms with Crippen molar-refractivity contribution < 1.29 is 4.79 Å². The molecular weight excluding hydrogens is 360 g/mol. The number of nitrogens with one attached hydrogen (secondary N) is 2. The van der Waals surface area contributed by atoms with Crippen LogP contribution in [-0.2, 0) is 6.54 Å². The van der Waals surface area contributed by atoms with E-state index in [1.54, 1.807) is 13.0 Å². The summed E-state index contributed by atoms with van der Waals surface area (Å²) in [6, 6.07) is 9.10. The predicted molar refractivity (Wildman–Crippen MR) is 109 cm³/mol. The molecule has 1 aliphatic rings. The second kappa shape index (κ2) is 9.51. The van der Waals surface area contributed by atoms with Gasteiger partial charge in [0.15, 0.2) is 0 Å². The molecule has 1 aromatic heterocycles. The number of halogens is 1. The first-order chi connectivity index (χ1) is 13.1. The van der Waals surface area contributed by atoms with Gasteiger partial charge in [-0.25, -0.2) is 9.97 Å². The number of rotatable bonds is 7. The van der Waals surface area contributed by atoms with Crippen LogP contribution < -0.4 is 10.6 Å². The van der Waals surface area contributed by atoms with Gasteiger partial charge in [0.1, 0.15) is 17.3 Å². The summed E-state index contributed by atoms with van der Waals surface area (Å²) in [7, 11) is 0. The molecule has 27 heavy (non-hydrogen) atoms. The third kappa shape index (κ3) is 6.07. The van der Waals surface area contributed by atoms with Crippen LogP contribution in [0.4, 0.5) is 5.82 Å². The molecule has 0 aliphatic heterocycles. The van der Waals surface area contributed by atoms with Crippen LogP contribution >= 0.6 is 11.6 Å². The Kier molecular flexibility index (Phi) is 6.82. The van der Waals surface area contributed by atoms with Gasteiger partial charge in [0, 0.05) is 24.2 Å². The van der Waals surface area contributed by atoms with Crippen molar-refractivity contribution in [3.63, 3.8) is 0 Å². The van der Waals surface area contributed by atoms with Crippen LogP contribution in [0.2, 0.25) is 5.02 Å². The molecule has 142 valence electrons. The van der Waals surface area contributed by atoms with E-state index in [-0.39, 0.29) is 5.91 Å². The molecule has 6 heteroatoms. The van der Waals surface area contributed by atoms with Gasteiger partial charge in [-0.2, -0.15) is 0 Å². The Bertz CT molecular complexity index is 817. The zero-order valence-corrected chi connectivity index (χ0v) is 16.4. The van der Waals surface area contributed by atoms with Crippen LogP contribution in [-0.4, -0.2) is 22.4 Å². The molecule has 0 unspecified atom stereocenters. The molecule has 1 heterocycles. The molecule has 0 saturated heterocycles. The third-order valence-corrected chi connectivity index (χ3v) is 4.83. The van der Waals surface area contributed by atoms with Crippen molar-refractivity contribution in [1.29, 1.82) is 0 Å². The number of aromatic nitrogens is 2. The summed E-state index contributed by atoms with van der Waals surface area (Å²) in [6.45, 7) is 3.04. The Morgan fingerprint density at radius 3 is 2.74 bits per heavy atom. The van der Waals surface area contributed by atoms with Crippen LogP contribution in [0.3, 0.4) is 0 Å². The number of amides is 1. The number of anilines is 1. The first kappa shape index (κ1) is 19.4. The van der Waals surface area contributed by atoms with E-state index < -0.39 is 0 Å². The molecule has 1 amide bonds. The van der Waals surface area contributed by atoms with Gasteiger partial charge in [0.05, 0.1) is 0 Å². The Labute approximate surface area is 165 Å². The summed E-state index contributed by atoms with van der Waals surface area (Å²) in [5.41, 5.74) is 2.87. The maximum atomic E-state index is 12.4. The summed E-state index contributed by atoms with van der Waals surface area (Å²) in [5, 5.41) is 6.89. The Hall–Kier alpha value is -2.40. The monoisotopic (exact) mass is 384 g/mol. The lowest BCUT2D eigenvalue weighted by molar-refractivity contribution is 0.0945. The average molecular weight is 385 g/mol. The number of carbonyl (C=O) groups is 1. The van der Waals surface area contributed by atoms with E-state index in [1.807, 2.05) is 24.3 Å². The molecule has 2 N–H and O–H groups in total. The minimum absolute atomic E-state index is 0.214. The molecule has 1 aliphatic carbocycles. The van der Waals surface area contributed by atoms with E-state index in [9.17, 15) is 4.79 Å². The fraction of sp³-hybridized carbons (Fsp3) is 0.381. The standard InChI is InChI=1S/C21H25ClN4O/c1-15-25-19(21(27)24-14-17-7-9-18(22)10-8-17)13-20(26-15)23-12-11-16-5-3-2-4-6-16/h5,7-10,13H,2-4,6,11-12,14H2,1H3,(H,24,27)(H,23,25,26). The quantitative estimate of drug-likeness (QED) is 0.680. The maximum absolute atomic E-state index is 12.4. The Morgan fingerprint density at radius 2 is 2.00 bits per heavy atom. The third-order valence-electron chi connectivity index (χ3n) is 4.57. The highest BCUT2D eigenvalue weighted by atomic mass is 35.5. The number of allylic oxidation sites excluding steroid dienone is 1. The van der Waals surface area contributed by atoms with Crippen molar-refractivity contribution in [3.8, 4) is 0 Å². The molecule has 0 radical (unpaired) electrons. The largest absolute Gasteiger partial charge is 0.370 e. The number of aryl methyl sites for hydroxylation is 1. The molecule has 0 fully saturated rings. The molecule has 0 saturated carbocycles. The molecular formula is C21H25ClN4O. The lowest BCUT2D eigenvalue weighted by Gasteiger charge is -2.13. The average Bonchev–Trinajstić information content (AvgIpc) is 2.68. The van der Waals surface area contributed by atoms with Gasteiger partial charge >= 0.3 is 0 Å². The fourth-order valence-corrected chi connectivity index (χ4v) is 3.26. The highest BCUT2D eigenvalue weighted by Gasteiger charge is 2.11. The molecule has 0 atom stereocenters. The normalized spacial score (nSPS) is 13.8. The van der Waals surface area contributed by atoms with Crippen LogP contribution in [0, 0.1) is 6.92 Å². The van der Waals surface area contributed by atoms with Gasteiger partial charge in [-0.1, -0.05) is 35.4 Å². The number of nitrogens with zero attached hydrogens (tertiary/aromatic N) is 2. The van der Waals surface area contributed by atoms with Crippen LogP contribution in [0.5, 0.6) is 0 Å². The van der Waals surface area contributed by atoms with Crippen molar-refractivity contribution in [2.75, 3.05) is 11.9 Å². The molecule has 2 aromatic rings. The fourth-order valence-electron chi connectivity index (χ4n) is 3.13. The highest BCUT2D eigenvalue weighted by Crippen LogP contribution is 2.20. The minimum atomic E-state index is -0.214. The summed E-state index contributed by atoms with van der Waals surface area (Å²) >= 11 is 5.88. The van der Waals surface area contributed by atoms with E-state index in [1.165, 1.54) is 31.3 Å². The summed E-state index contributed by atoms with van der Waals surface area (Å²) in [6.07, 6.45) is 8.35. The SMILES string of the molecule is Cc1nc(NCCC2=CCCCC2)cc(C(=O)NCc2ccc(Cl)cc2)n1. The van der Waals surface area contributed by atoms with E-state index in [4.69, 9.17) is 11.6 Å². The van der Waals surface area contributed by atoms with E-state index in [0.29, 0.717) is 28.9 Å². The zero-order chi connectivity index (χ0) is 19.1. The van der Waals surface area contributed by atoms with Crippen LogP contribution in [0.15, 0.2) is 42.0 Å². The number of hydrogen-bond donors (Lipinski definition) is 2. The molecule has 0 spiro atoms. The highest BCUT2D eigenvalue weighted by molar-refractivity contribution is 6.30. The van der Waals surface area contributed by atoms with Crippen molar-refractivity contribution in [2.24, 2.45) is 0 Å². The molecule has 3 rings (SSSR count). The van der Waals surface area contributed by atoms with Crippen molar-refractivity contribution >= 4 is 23.3 Å². The van der Waals surface area contributed by atoms with Gasteiger partial charge in [-0.05, 0) is 56.7 Å². The van der Waals surface area contributed by atoms with Crippen molar-refractivity contribution in [1.82, 2.24) is 15.3 Å². The van der Waals surface area contributed by atoms with Crippen LogP contribution in [0.25, 0.3) is 0 Å². The topological polar surface area (TPSA) is 66.9 Å². The summed E-state index contributed by atoms with van der Waals surface area (Å²) in [4.78, 5) is 21.1. The van der Waals surface area contributed by atoms with E-state index in [0.717, 1.165) is 18.5 Å². The number of benzene rings is 1. The smallest absolute Gasteiger partial charge is 0.270 e. The molecule has 1 aromatic carbocycles. The first-order valence-corrected chi connectivity index (χ1v) is 9.78. The summed E-state index contributed by atoms with van der Waals surface area (Å²) < 4.78 is 0. The maximum Gasteiger partial charge on any atom is 0.270 e. The Morgan fingerprint density at radius 1 is 1.19 bits per heavy atom. The molecule has 5 nitrogen and oxygen atoms in total.